The van der Waals surface area contributed by atoms with Gasteiger partial charge in [-0.2, -0.15) is 0 Å². The second-order valence-corrected chi connectivity index (χ2v) is 5.71. The van der Waals surface area contributed by atoms with Crippen molar-refractivity contribution in [3.8, 4) is 0 Å². The Labute approximate surface area is 119 Å². The highest BCUT2D eigenvalue weighted by Crippen LogP contribution is 2.32. The van der Waals surface area contributed by atoms with Crippen LogP contribution >= 0.6 is 0 Å². The van der Waals surface area contributed by atoms with Gasteiger partial charge in [-0.15, -0.1) is 0 Å². The number of aliphatic hydroxyl groups is 1. The maximum Gasteiger partial charge on any atom is 0.105 e. The topological polar surface area (TPSA) is 41.3 Å². The first-order chi connectivity index (χ1) is 9.58. The molecule has 0 radical (unpaired) electrons. The molecular weight excluding hydrogens is 250 g/mol. The number of β-amino-alcohol motifs (C(OH)–C–C–N with tert-alkyl or cyclic N) is 1. The fraction of sp³-hybridized carbons (Fsp3) is 0.438. The number of imidazole rings is 1. The monoisotopic (exact) mass is 271 g/mol. The third-order valence-electron chi connectivity index (χ3n) is 4.34. The Morgan fingerprint density at radius 3 is 2.70 bits per heavy atom. The summed E-state index contributed by atoms with van der Waals surface area (Å²) >= 11 is 0. The molecule has 4 heteroatoms. The summed E-state index contributed by atoms with van der Waals surface area (Å²) in [5.41, 5.74) is 1.50. The highest BCUT2D eigenvalue weighted by atomic mass is 16.3. The van der Waals surface area contributed by atoms with Gasteiger partial charge >= 0.3 is 0 Å². The molecule has 1 aromatic heterocycles. The smallest absolute Gasteiger partial charge is 0.105 e. The van der Waals surface area contributed by atoms with E-state index in [0.29, 0.717) is 6.54 Å². The van der Waals surface area contributed by atoms with E-state index >= 15 is 0 Å². The maximum atomic E-state index is 10.8. The van der Waals surface area contributed by atoms with Gasteiger partial charge in [0.15, 0.2) is 0 Å². The molecule has 0 saturated carbocycles. The minimum atomic E-state index is -0.713. The van der Waals surface area contributed by atoms with Gasteiger partial charge in [0.05, 0.1) is 5.69 Å². The van der Waals surface area contributed by atoms with Gasteiger partial charge in [0, 0.05) is 32.9 Å². The predicted molar refractivity (Wildman–Crippen MR) is 78.2 cm³/mol. The molecule has 0 aliphatic carbocycles. The highest BCUT2D eigenvalue weighted by Gasteiger charge is 2.37. The second kappa shape index (κ2) is 5.04. The van der Waals surface area contributed by atoms with E-state index in [0.717, 1.165) is 30.9 Å². The molecule has 20 heavy (non-hydrogen) atoms. The average Bonchev–Trinajstić information content (AvgIpc) is 2.99. The third kappa shape index (κ3) is 2.37. The Kier molecular flexibility index (Phi) is 3.36. The SMILES string of the molecule is Cc1ncc(CN2CC[C@](O)(c3ccccc3)C2)n1C. The van der Waals surface area contributed by atoms with Gasteiger partial charge in [-0.25, -0.2) is 4.98 Å². The minimum absolute atomic E-state index is 0.682. The van der Waals surface area contributed by atoms with Crippen LogP contribution in [0, 0.1) is 6.92 Å². The van der Waals surface area contributed by atoms with Gasteiger partial charge in [0.1, 0.15) is 11.4 Å². The van der Waals surface area contributed by atoms with Crippen molar-refractivity contribution in [1.29, 1.82) is 0 Å². The van der Waals surface area contributed by atoms with Crippen molar-refractivity contribution >= 4 is 0 Å². The van der Waals surface area contributed by atoms with Gasteiger partial charge in [-0.3, -0.25) is 4.90 Å². The number of benzene rings is 1. The first-order valence-electron chi connectivity index (χ1n) is 7.06. The quantitative estimate of drug-likeness (QED) is 0.926. The van der Waals surface area contributed by atoms with Crippen molar-refractivity contribution in [1.82, 2.24) is 14.5 Å². The van der Waals surface area contributed by atoms with Crippen LogP contribution in [0.3, 0.4) is 0 Å². The van der Waals surface area contributed by atoms with E-state index in [1.54, 1.807) is 0 Å². The number of rotatable bonds is 3. The Morgan fingerprint density at radius 2 is 2.05 bits per heavy atom. The van der Waals surface area contributed by atoms with Crippen LogP contribution in [0.1, 0.15) is 23.5 Å². The molecule has 1 fully saturated rings. The lowest BCUT2D eigenvalue weighted by molar-refractivity contribution is 0.0450. The number of aromatic nitrogens is 2. The Balaban J connectivity index is 1.72. The van der Waals surface area contributed by atoms with Gasteiger partial charge < -0.3 is 9.67 Å². The summed E-state index contributed by atoms with van der Waals surface area (Å²) in [6, 6.07) is 9.98. The molecule has 0 bridgehead atoms. The van der Waals surface area contributed by atoms with E-state index in [1.807, 2.05) is 50.5 Å². The molecule has 4 nitrogen and oxygen atoms in total. The highest BCUT2D eigenvalue weighted by molar-refractivity contribution is 5.24. The van der Waals surface area contributed by atoms with E-state index in [9.17, 15) is 5.11 Å². The number of likely N-dealkylation sites (tertiary alicyclic amines) is 1. The first kappa shape index (κ1) is 13.3. The zero-order valence-electron chi connectivity index (χ0n) is 12.1. The van der Waals surface area contributed by atoms with Gasteiger partial charge in [-0.1, -0.05) is 30.3 Å². The summed E-state index contributed by atoms with van der Waals surface area (Å²) in [6.45, 7) is 4.44. The maximum absolute atomic E-state index is 10.8. The molecule has 1 aliphatic rings. The largest absolute Gasteiger partial charge is 0.384 e. The summed E-state index contributed by atoms with van der Waals surface area (Å²) in [5.74, 6) is 1.03. The van der Waals surface area contributed by atoms with Crippen LogP contribution in [0.15, 0.2) is 36.5 Å². The van der Waals surface area contributed by atoms with Crippen LogP contribution in [0.2, 0.25) is 0 Å². The van der Waals surface area contributed by atoms with Crippen molar-refractivity contribution in [2.45, 2.75) is 25.5 Å². The van der Waals surface area contributed by atoms with E-state index in [4.69, 9.17) is 0 Å². The lowest BCUT2D eigenvalue weighted by atomic mass is 9.93. The zero-order valence-corrected chi connectivity index (χ0v) is 12.1. The van der Waals surface area contributed by atoms with Crippen LogP contribution < -0.4 is 0 Å². The van der Waals surface area contributed by atoms with Crippen LogP contribution in [0.4, 0.5) is 0 Å². The predicted octanol–water partition coefficient (Wildman–Crippen LogP) is 1.82. The first-order valence-corrected chi connectivity index (χ1v) is 7.06. The molecule has 106 valence electrons. The molecule has 1 atom stereocenters. The molecule has 0 amide bonds. The average molecular weight is 271 g/mol. The molecule has 1 N–H and O–H groups in total. The van der Waals surface area contributed by atoms with E-state index in [2.05, 4.69) is 14.5 Å². The third-order valence-corrected chi connectivity index (χ3v) is 4.34. The molecule has 1 saturated heterocycles. The van der Waals surface area contributed by atoms with Crippen molar-refractivity contribution in [2.24, 2.45) is 7.05 Å². The molecule has 3 rings (SSSR count). The molecule has 2 aromatic rings. The van der Waals surface area contributed by atoms with E-state index in [1.165, 1.54) is 5.69 Å². The Hall–Kier alpha value is -1.65. The van der Waals surface area contributed by atoms with Crippen LogP contribution in [-0.2, 0) is 19.2 Å². The molecule has 0 unspecified atom stereocenters. The Bertz CT molecular complexity index is 593. The molecule has 0 spiro atoms. The fourth-order valence-electron chi connectivity index (χ4n) is 2.92. The summed E-state index contributed by atoms with van der Waals surface area (Å²) in [5, 5.41) is 10.8. The number of hydrogen-bond donors (Lipinski definition) is 1. The lowest BCUT2D eigenvalue weighted by Gasteiger charge is -2.24. The van der Waals surface area contributed by atoms with Crippen LogP contribution in [0.25, 0.3) is 0 Å². The van der Waals surface area contributed by atoms with Crippen LogP contribution in [0.5, 0.6) is 0 Å². The van der Waals surface area contributed by atoms with Gasteiger partial charge in [-0.05, 0) is 18.9 Å². The van der Waals surface area contributed by atoms with Crippen molar-refractivity contribution in [3.63, 3.8) is 0 Å². The van der Waals surface area contributed by atoms with E-state index in [-0.39, 0.29) is 0 Å². The summed E-state index contributed by atoms with van der Waals surface area (Å²) < 4.78 is 2.11. The number of nitrogens with zero attached hydrogens (tertiary/aromatic N) is 3. The molecule has 2 heterocycles. The fourth-order valence-corrected chi connectivity index (χ4v) is 2.92. The van der Waals surface area contributed by atoms with Crippen molar-refractivity contribution in [3.05, 3.63) is 53.6 Å². The van der Waals surface area contributed by atoms with Gasteiger partial charge in [0.25, 0.3) is 0 Å². The minimum Gasteiger partial charge on any atom is -0.384 e. The summed E-state index contributed by atoms with van der Waals surface area (Å²) in [6.07, 6.45) is 2.71. The lowest BCUT2D eigenvalue weighted by Crippen LogP contribution is -2.30. The number of hydrogen-bond acceptors (Lipinski definition) is 3. The second-order valence-electron chi connectivity index (χ2n) is 5.71. The Morgan fingerprint density at radius 1 is 1.30 bits per heavy atom. The van der Waals surface area contributed by atoms with E-state index < -0.39 is 5.60 Å². The van der Waals surface area contributed by atoms with Crippen molar-refractivity contribution in [2.75, 3.05) is 13.1 Å². The molecule has 1 aromatic carbocycles. The normalized spacial score (nSPS) is 23.4. The van der Waals surface area contributed by atoms with Crippen molar-refractivity contribution < 1.29 is 5.11 Å². The molecular formula is C16H21N3O. The summed E-state index contributed by atoms with van der Waals surface area (Å²) in [7, 11) is 2.04. The number of aryl methyl sites for hydroxylation is 1. The van der Waals surface area contributed by atoms with Crippen LogP contribution in [-0.4, -0.2) is 32.6 Å². The van der Waals surface area contributed by atoms with Gasteiger partial charge in [0.2, 0.25) is 0 Å². The standard InChI is InChI=1S/C16H21N3O/c1-13-17-10-15(18(13)2)11-19-9-8-16(20,12-19)14-6-4-3-5-7-14/h3-7,10,20H,8-9,11-12H2,1-2H3/t16-/m1/s1. The molecule has 1 aliphatic heterocycles. The zero-order chi connectivity index (χ0) is 14.2. The summed E-state index contributed by atoms with van der Waals surface area (Å²) in [4.78, 5) is 6.62.